The SMILES string of the molecule is Cc1cccc(NS(=O)(=O)c2ccc(Cl)c(C(=O)NCc3cnn(C)c3)c2)c1. The topological polar surface area (TPSA) is 93.1 Å². The Morgan fingerprint density at radius 3 is 2.68 bits per heavy atom. The number of nitrogens with zero attached hydrogens (tertiary/aromatic N) is 2. The van der Waals surface area contributed by atoms with E-state index in [4.69, 9.17) is 11.6 Å². The van der Waals surface area contributed by atoms with Gasteiger partial charge in [-0.05, 0) is 42.8 Å². The molecule has 2 N–H and O–H groups in total. The minimum Gasteiger partial charge on any atom is -0.348 e. The van der Waals surface area contributed by atoms with E-state index in [9.17, 15) is 13.2 Å². The molecule has 9 heteroatoms. The standard InChI is InChI=1S/C19H19ClN4O3S/c1-13-4-3-5-15(8-13)23-28(26,27)16-6-7-18(20)17(9-16)19(25)21-10-14-11-22-24(2)12-14/h3-9,11-12,23H,10H2,1-2H3,(H,21,25). The van der Waals surface area contributed by atoms with E-state index in [0.717, 1.165) is 11.1 Å². The van der Waals surface area contributed by atoms with Crippen LogP contribution in [0.15, 0.2) is 59.8 Å². The second-order valence-electron chi connectivity index (χ2n) is 6.32. The van der Waals surface area contributed by atoms with E-state index < -0.39 is 15.9 Å². The van der Waals surface area contributed by atoms with E-state index in [0.29, 0.717) is 5.69 Å². The van der Waals surface area contributed by atoms with E-state index in [-0.39, 0.29) is 22.0 Å². The molecule has 0 aliphatic heterocycles. The third-order valence-corrected chi connectivity index (χ3v) is 5.68. The number of halogens is 1. The molecule has 28 heavy (non-hydrogen) atoms. The number of aromatic nitrogens is 2. The van der Waals surface area contributed by atoms with Crippen LogP contribution in [0.1, 0.15) is 21.5 Å². The molecule has 0 fully saturated rings. The molecule has 0 saturated heterocycles. The maximum Gasteiger partial charge on any atom is 0.261 e. The highest BCUT2D eigenvalue weighted by Gasteiger charge is 2.19. The lowest BCUT2D eigenvalue weighted by molar-refractivity contribution is 0.0951. The molecule has 146 valence electrons. The molecule has 1 heterocycles. The molecule has 1 amide bonds. The quantitative estimate of drug-likeness (QED) is 0.643. The third-order valence-electron chi connectivity index (χ3n) is 3.97. The number of hydrogen-bond donors (Lipinski definition) is 2. The summed E-state index contributed by atoms with van der Waals surface area (Å²) in [5, 5.41) is 6.91. The number of carbonyl (C=O) groups excluding carboxylic acids is 1. The van der Waals surface area contributed by atoms with Crippen LogP contribution < -0.4 is 10.0 Å². The first-order valence-corrected chi connectivity index (χ1v) is 10.3. The van der Waals surface area contributed by atoms with Crippen LogP contribution in [0.4, 0.5) is 5.69 Å². The Morgan fingerprint density at radius 1 is 1.21 bits per heavy atom. The van der Waals surface area contributed by atoms with Crippen molar-refractivity contribution in [1.82, 2.24) is 15.1 Å². The average molecular weight is 419 g/mol. The monoisotopic (exact) mass is 418 g/mol. The van der Waals surface area contributed by atoms with Crippen molar-refractivity contribution in [2.24, 2.45) is 7.05 Å². The van der Waals surface area contributed by atoms with E-state index >= 15 is 0 Å². The maximum atomic E-state index is 12.7. The minimum atomic E-state index is -3.87. The molecule has 0 aliphatic carbocycles. The van der Waals surface area contributed by atoms with Gasteiger partial charge in [-0.2, -0.15) is 5.10 Å². The number of sulfonamides is 1. The molecule has 0 bridgehead atoms. The minimum absolute atomic E-state index is 0.0510. The Hall–Kier alpha value is -2.84. The number of nitrogens with one attached hydrogen (secondary N) is 2. The van der Waals surface area contributed by atoms with Crippen LogP contribution >= 0.6 is 11.6 Å². The van der Waals surface area contributed by atoms with Crippen LogP contribution in [0, 0.1) is 6.92 Å². The molecule has 0 spiro atoms. The summed E-state index contributed by atoms with van der Waals surface area (Å²) >= 11 is 6.12. The Balaban J connectivity index is 1.80. The van der Waals surface area contributed by atoms with Gasteiger partial charge in [0, 0.05) is 31.0 Å². The fraction of sp³-hybridized carbons (Fsp3) is 0.158. The molecule has 0 aliphatic rings. The van der Waals surface area contributed by atoms with E-state index in [1.54, 1.807) is 42.3 Å². The van der Waals surface area contributed by atoms with Gasteiger partial charge < -0.3 is 5.32 Å². The van der Waals surface area contributed by atoms with Gasteiger partial charge in [0.2, 0.25) is 0 Å². The Kier molecular flexibility index (Phi) is 5.71. The highest BCUT2D eigenvalue weighted by molar-refractivity contribution is 7.92. The van der Waals surface area contributed by atoms with Crippen LogP contribution in [-0.2, 0) is 23.6 Å². The van der Waals surface area contributed by atoms with Gasteiger partial charge in [0.25, 0.3) is 15.9 Å². The summed E-state index contributed by atoms with van der Waals surface area (Å²) < 4.78 is 29.5. The van der Waals surface area contributed by atoms with Crippen LogP contribution in [0.25, 0.3) is 0 Å². The van der Waals surface area contributed by atoms with Gasteiger partial charge in [-0.1, -0.05) is 23.7 Å². The number of hydrogen-bond acceptors (Lipinski definition) is 4. The zero-order valence-corrected chi connectivity index (χ0v) is 16.9. The predicted molar refractivity (Wildman–Crippen MR) is 108 cm³/mol. The molecule has 2 aromatic carbocycles. The molecular formula is C19H19ClN4O3S. The molecule has 7 nitrogen and oxygen atoms in total. The molecule has 0 saturated carbocycles. The van der Waals surface area contributed by atoms with Crippen LogP contribution in [0.5, 0.6) is 0 Å². The summed E-state index contributed by atoms with van der Waals surface area (Å²) in [6.07, 6.45) is 3.41. The second-order valence-corrected chi connectivity index (χ2v) is 8.41. The molecule has 0 atom stereocenters. The Labute approximate surface area is 168 Å². The van der Waals surface area contributed by atoms with Crippen molar-refractivity contribution in [3.8, 4) is 0 Å². The number of anilines is 1. The average Bonchev–Trinajstić information content (AvgIpc) is 3.05. The maximum absolute atomic E-state index is 12.7. The summed E-state index contributed by atoms with van der Waals surface area (Å²) in [5.74, 6) is -0.471. The fourth-order valence-corrected chi connectivity index (χ4v) is 3.89. The van der Waals surface area contributed by atoms with Gasteiger partial charge in [-0.3, -0.25) is 14.2 Å². The van der Waals surface area contributed by atoms with E-state index in [1.165, 1.54) is 18.2 Å². The number of carbonyl (C=O) groups is 1. The number of benzene rings is 2. The van der Waals surface area contributed by atoms with Gasteiger partial charge in [0.05, 0.1) is 21.7 Å². The lowest BCUT2D eigenvalue weighted by Crippen LogP contribution is -2.23. The summed E-state index contributed by atoms with van der Waals surface area (Å²) in [6.45, 7) is 2.12. The lowest BCUT2D eigenvalue weighted by atomic mass is 10.2. The Bertz CT molecular complexity index is 1130. The molecule has 0 unspecified atom stereocenters. The Morgan fingerprint density at radius 2 is 2.00 bits per heavy atom. The zero-order chi connectivity index (χ0) is 20.3. The van der Waals surface area contributed by atoms with Crippen molar-refractivity contribution in [1.29, 1.82) is 0 Å². The van der Waals surface area contributed by atoms with Crippen molar-refractivity contribution in [2.45, 2.75) is 18.4 Å². The van der Waals surface area contributed by atoms with Crippen molar-refractivity contribution >= 4 is 33.2 Å². The highest BCUT2D eigenvalue weighted by Crippen LogP contribution is 2.23. The molecule has 3 rings (SSSR count). The van der Waals surface area contributed by atoms with Crippen molar-refractivity contribution in [3.05, 3.63) is 76.6 Å². The summed E-state index contributed by atoms with van der Waals surface area (Å²) in [4.78, 5) is 12.4. The van der Waals surface area contributed by atoms with Crippen molar-refractivity contribution in [2.75, 3.05) is 4.72 Å². The zero-order valence-electron chi connectivity index (χ0n) is 15.3. The highest BCUT2D eigenvalue weighted by atomic mass is 35.5. The largest absolute Gasteiger partial charge is 0.348 e. The second kappa shape index (κ2) is 8.04. The van der Waals surface area contributed by atoms with Gasteiger partial charge in [0.15, 0.2) is 0 Å². The fourth-order valence-electron chi connectivity index (χ4n) is 2.61. The molecule has 1 aromatic heterocycles. The van der Waals surface area contributed by atoms with E-state index in [1.807, 2.05) is 13.0 Å². The first-order valence-electron chi connectivity index (χ1n) is 8.39. The van der Waals surface area contributed by atoms with Crippen molar-refractivity contribution < 1.29 is 13.2 Å². The summed E-state index contributed by atoms with van der Waals surface area (Å²) in [6, 6.07) is 11.0. The normalized spacial score (nSPS) is 11.2. The van der Waals surface area contributed by atoms with E-state index in [2.05, 4.69) is 15.1 Å². The number of rotatable bonds is 6. The molecule has 0 radical (unpaired) electrons. The first kappa shape index (κ1) is 19.9. The number of amides is 1. The third kappa shape index (κ3) is 4.71. The molecular weight excluding hydrogens is 400 g/mol. The van der Waals surface area contributed by atoms with Crippen molar-refractivity contribution in [3.63, 3.8) is 0 Å². The van der Waals surface area contributed by atoms with Gasteiger partial charge in [0.1, 0.15) is 0 Å². The van der Waals surface area contributed by atoms with Gasteiger partial charge in [-0.25, -0.2) is 8.42 Å². The lowest BCUT2D eigenvalue weighted by Gasteiger charge is -2.11. The van der Waals surface area contributed by atoms with Gasteiger partial charge in [-0.15, -0.1) is 0 Å². The first-order chi connectivity index (χ1) is 13.2. The summed E-state index contributed by atoms with van der Waals surface area (Å²) in [7, 11) is -2.09. The number of aryl methyl sites for hydroxylation is 2. The van der Waals surface area contributed by atoms with Gasteiger partial charge >= 0.3 is 0 Å². The smallest absolute Gasteiger partial charge is 0.261 e. The van der Waals surface area contributed by atoms with Crippen LogP contribution in [0.3, 0.4) is 0 Å². The summed E-state index contributed by atoms with van der Waals surface area (Å²) in [5.41, 5.74) is 2.26. The predicted octanol–water partition coefficient (Wildman–Crippen LogP) is 3.11. The van der Waals surface area contributed by atoms with Crippen LogP contribution in [0.2, 0.25) is 5.02 Å². The molecule has 3 aromatic rings. The van der Waals surface area contributed by atoms with Crippen LogP contribution in [-0.4, -0.2) is 24.1 Å².